The zero-order valence-corrected chi connectivity index (χ0v) is 14.5. The molecule has 0 aliphatic carbocycles. The minimum Gasteiger partial charge on any atom is -0.337 e. The highest BCUT2D eigenvalue weighted by atomic mass is 32.1. The lowest BCUT2D eigenvalue weighted by molar-refractivity contribution is -0.127. The van der Waals surface area contributed by atoms with E-state index >= 15 is 0 Å². The zero-order valence-electron chi connectivity index (χ0n) is 13.7. The van der Waals surface area contributed by atoms with Gasteiger partial charge in [0.15, 0.2) is 0 Å². The number of aromatic nitrogens is 4. The Balaban J connectivity index is 1.68. The molecular weight excluding hydrogens is 330 g/mol. The first-order chi connectivity index (χ1) is 11.5. The molecule has 0 unspecified atom stereocenters. The Bertz CT molecular complexity index is 742. The van der Waals surface area contributed by atoms with Crippen LogP contribution in [0.2, 0.25) is 0 Å². The lowest BCUT2D eigenvalue weighted by Gasteiger charge is -2.25. The van der Waals surface area contributed by atoms with Gasteiger partial charge in [-0.15, -0.1) is 10.2 Å². The van der Waals surface area contributed by atoms with Crippen molar-refractivity contribution in [3.05, 3.63) is 23.0 Å². The van der Waals surface area contributed by atoms with Crippen molar-refractivity contribution in [1.82, 2.24) is 30.2 Å². The molecule has 0 spiro atoms. The third-order valence-corrected chi connectivity index (χ3v) is 4.92. The number of likely N-dealkylation sites (N-methyl/N-ethyl adjacent to an activating group) is 1. The Hall–Kier alpha value is -2.33. The van der Waals surface area contributed by atoms with E-state index in [1.807, 2.05) is 14.0 Å². The number of carbonyl (C=O) groups is 2. The van der Waals surface area contributed by atoms with E-state index in [-0.39, 0.29) is 30.4 Å². The van der Waals surface area contributed by atoms with E-state index in [2.05, 4.69) is 25.9 Å². The van der Waals surface area contributed by atoms with E-state index in [4.69, 9.17) is 0 Å². The molecule has 128 valence electrons. The fourth-order valence-corrected chi connectivity index (χ4v) is 3.36. The summed E-state index contributed by atoms with van der Waals surface area (Å²) in [6.07, 6.45) is 2.13. The summed E-state index contributed by atoms with van der Waals surface area (Å²) < 4.78 is 1.78. The van der Waals surface area contributed by atoms with Crippen molar-refractivity contribution in [2.75, 3.05) is 18.9 Å². The number of aryl methyl sites for hydroxylation is 1. The van der Waals surface area contributed by atoms with Gasteiger partial charge in [0.2, 0.25) is 16.9 Å². The van der Waals surface area contributed by atoms with Gasteiger partial charge in [0.25, 0.3) is 0 Å². The van der Waals surface area contributed by atoms with Crippen LogP contribution in [-0.2, 0) is 16.6 Å². The van der Waals surface area contributed by atoms with Crippen molar-refractivity contribution >= 4 is 28.3 Å². The fraction of sp³-hybridized carbons (Fsp3) is 0.500. The average molecular weight is 349 g/mol. The van der Waals surface area contributed by atoms with Gasteiger partial charge in [0.05, 0.1) is 18.8 Å². The van der Waals surface area contributed by atoms with Gasteiger partial charge in [-0.2, -0.15) is 5.10 Å². The second kappa shape index (κ2) is 6.65. The second-order valence-electron chi connectivity index (χ2n) is 5.74. The van der Waals surface area contributed by atoms with Crippen LogP contribution in [0.3, 0.4) is 0 Å². The third kappa shape index (κ3) is 3.15. The maximum atomic E-state index is 12.1. The molecule has 10 heteroatoms. The molecule has 1 aliphatic heterocycles. The first-order valence-electron chi connectivity index (χ1n) is 7.51. The van der Waals surface area contributed by atoms with Gasteiger partial charge in [0.1, 0.15) is 5.51 Å². The van der Waals surface area contributed by atoms with E-state index in [1.54, 1.807) is 28.3 Å². The number of nitrogens with zero attached hydrogens (tertiary/aromatic N) is 5. The number of hydrogen-bond donors (Lipinski definition) is 2. The molecule has 0 radical (unpaired) electrons. The summed E-state index contributed by atoms with van der Waals surface area (Å²) in [6.45, 7) is 2.07. The summed E-state index contributed by atoms with van der Waals surface area (Å²) in [5, 5.41) is 18.0. The normalized spacial score (nSPS) is 20.6. The maximum Gasteiger partial charge on any atom is 0.240 e. The molecular formula is C14H19N7O2S. The number of nitrogens with one attached hydrogen (secondary N) is 2. The molecule has 3 heterocycles. The van der Waals surface area contributed by atoms with Crippen molar-refractivity contribution in [2.24, 2.45) is 7.05 Å². The van der Waals surface area contributed by atoms with Gasteiger partial charge in [-0.1, -0.05) is 11.3 Å². The molecule has 2 amide bonds. The molecule has 0 bridgehead atoms. The zero-order chi connectivity index (χ0) is 17.3. The standard InChI is InChI=1S/C14H19N7O2S/c1-8-9(5-17-21(8)3)13-10(4-12(23)20(13)2)15-6-11(22)18-14-19-16-7-24-14/h5,7,10,13,15H,4,6H2,1-3H3,(H,18,19,22)/t10-,13+/m1/s1. The van der Waals surface area contributed by atoms with Crippen molar-refractivity contribution in [1.29, 1.82) is 0 Å². The molecule has 0 aromatic carbocycles. The van der Waals surface area contributed by atoms with Gasteiger partial charge >= 0.3 is 0 Å². The molecule has 2 N–H and O–H groups in total. The van der Waals surface area contributed by atoms with E-state index in [1.165, 1.54) is 11.3 Å². The molecule has 2 atom stereocenters. The molecule has 9 nitrogen and oxygen atoms in total. The number of carbonyl (C=O) groups excluding carboxylic acids is 2. The minimum absolute atomic E-state index is 0.0466. The van der Waals surface area contributed by atoms with Crippen LogP contribution in [0.25, 0.3) is 0 Å². The summed E-state index contributed by atoms with van der Waals surface area (Å²) in [5.41, 5.74) is 3.55. The molecule has 1 fully saturated rings. The van der Waals surface area contributed by atoms with Gasteiger partial charge < -0.3 is 10.2 Å². The Kier molecular flexibility index (Phi) is 4.58. The van der Waals surface area contributed by atoms with Gasteiger partial charge in [-0.25, -0.2) is 0 Å². The molecule has 1 aliphatic rings. The number of amides is 2. The molecule has 2 aromatic heterocycles. The van der Waals surface area contributed by atoms with Gasteiger partial charge in [0, 0.05) is 37.8 Å². The van der Waals surface area contributed by atoms with Gasteiger partial charge in [-0.3, -0.25) is 19.6 Å². The van der Waals surface area contributed by atoms with E-state index in [0.29, 0.717) is 11.6 Å². The Labute approximate surface area is 143 Å². The SMILES string of the molecule is Cc1c([C@H]2[C@H](NCC(=O)Nc3nncs3)CC(=O)N2C)cnn1C. The lowest BCUT2D eigenvalue weighted by Crippen LogP contribution is -2.39. The highest BCUT2D eigenvalue weighted by molar-refractivity contribution is 7.13. The summed E-state index contributed by atoms with van der Waals surface area (Å²) in [7, 11) is 3.65. The Morgan fingerprint density at radius 3 is 2.88 bits per heavy atom. The Morgan fingerprint density at radius 1 is 1.46 bits per heavy atom. The van der Waals surface area contributed by atoms with Crippen LogP contribution in [0.1, 0.15) is 23.7 Å². The summed E-state index contributed by atoms with van der Waals surface area (Å²) in [5.74, 6) is -0.166. The van der Waals surface area contributed by atoms with Gasteiger partial charge in [-0.05, 0) is 6.92 Å². The fourth-order valence-electron chi connectivity index (χ4n) is 2.90. The molecule has 24 heavy (non-hydrogen) atoms. The summed E-state index contributed by atoms with van der Waals surface area (Å²) in [4.78, 5) is 25.8. The first kappa shape index (κ1) is 16.5. The van der Waals surface area contributed by atoms with Crippen LogP contribution in [0.15, 0.2) is 11.7 Å². The van der Waals surface area contributed by atoms with Crippen LogP contribution >= 0.6 is 11.3 Å². The predicted molar refractivity (Wildman–Crippen MR) is 88.4 cm³/mol. The van der Waals surface area contributed by atoms with Crippen LogP contribution in [0.5, 0.6) is 0 Å². The largest absolute Gasteiger partial charge is 0.337 e. The minimum atomic E-state index is -0.213. The van der Waals surface area contributed by atoms with E-state index in [0.717, 1.165) is 11.3 Å². The number of likely N-dealkylation sites (tertiary alicyclic amines) is 1. The first-order valence-corrected chi connectivity index (χ1v) is 8.39. The van der Waals surface area contributed by atoms with Crippen LogP contribution < -0.4 is 10.6 Å². The number of hydrogen-bond acceptors (Lipinski definition) is 7. The number of anilines is 1. The topological polar surface area (TPSA) is 105 Å². The monoisotopic (exact) mass is 349 g/mol. The predicted octanol–water partition coefficient (Wildman–Crippen LogP) is 0.0801. The molecule has 0 saturated carbocycles. The van der Waals surface area contributed by atoms with Crippen LogP contribution in [0, 0.1) is 6.92 Å². The smallest absolute Gasteiger partial charge is 0.240 e. The molecule has 1 saturated heterocycles. The number of rotatable bonds is 5. The summed E-state index contributed by atoms with van der Waals surface area (Å²) >= 11 is 1.26. The van der Waals surface area contributed by atoms with E-state index < -0.39 is 0 Å². The van der Waals surface area contributed by atoms with Crippen LogP contribution in [0.4, 0.5) is 5.13 Å². The highest BCUT2D eigenvalue weighted by Crippen LogP contribution is 2.33. The van der Waals surface area contributed by atoms with Crippen molar-refractivity contribution in [3.8, 4) is 0 Å². The third-order valence-electron chi connectivity index (χ3n) is 4.31. The summed E-state index contributed by atoms with van der Waals surface area (Å²) in [6, 6.07) is -0.286. The molecule has 2 aromatic rings. The van der Waals surface area contributed by atoms with Crippen molar-refractivity contribution < 1.29 is 9.59 Å². The maximum absolute atomic E-state index is 12.1. The van der Waals surface area contributed by atoms with Crippen LogP contribution in [-0.4, -0.2) is 56.3 Å². The average Bonchev–Trinajstić information content (AvgIpc) is 3.23. The van der Waals surface area contributed by atoms with Crippen molar-refractivity contribution in [3.63, 3.8) is 0 Å². The Morgan fingerprint density at radius 2 is 2.25 bits per heavy atom. The van der Waals surface area contributed by atoms with Crippen molar-refractivity contribution in [2.45, 2.75) is 25.4 Å². The highest BCUT2D eigenvalue weighted by Gasteiger charge is 2.39. The molecule has 3 rings (SSSR count). The second-order valence-corrected chi connectivity index (χ2v) is 6.58. The quantitative estimate of drug-likeness (QED) is 0.792. The van der Waals surface area contributed by atoms with E-state index in [9.17, 15) is 9.59 Å². The lowest BCUT2D eigenvalue weighted by atomic mass is 10.0.